The van der Waals surface area contributed by atoms with E-state index in [-0.39, 0.29) is 27.0 Å². The molecular weight excluding hydrogens is 410 g/mol. The van der Waals surface area contributed by atoms with Gasteiger partial charge in [-0.2, -0.15) is 13.2 Å². The number of benzene rings is 2. The van der Waals surface area contributed by atoms with Crippen LogP contribution in [0, 0.1) is 0 Å². The highest BCUT2D eigenvalue weighted by molar-refractivity contribution is 6.37. The van der Waals surface area contributed by atoms with Gasteiger partial charge in [0.05, 0.1) is 27.8 Å². The van der Waals surface area contributed by atoms with Gasteiger partial charge in [0.1, 0.15) is 0 Å². The zero-order valence-corrected chi connectivity index (χ0v) is 15.2. The quantitative estimate of drug-likeness (QED) is 0.680. The fourth-order valence-corrected chi connectivity index (χ4v) is 2.82. The Labute approximate surface area is 161 Å². The van der Waals surface area contributed by atoms with Crippen LogP contribution in [-0.4, -0.2) is 23.6 Å². The second-order valence-electron chi connectivity index (χ2n) is 5.22. The van der Waals surface area contributed by atoms with Crippen molar-refractivity contribution in [1.82, 2.24) is 0 Å². The first-order chi connectivity index (χ1) is 12.5. The summed E-state index contributed by atoms with van der Waals surface area (Å²) in [6.45, 7) is 2.01. The average Bonchev–Trinajstić information content (AvgIpc) is 2.56. The van der Waals surface area contributed by atoms with E-state index < -0.39 is 29.2 Å². The normalized spacial score (nSPS) is 11.2. The number of halogens is 5. The van der Waals surface area contributed by atoms with E-state index in [1.54, 1.807) is 6.92 Å². The summed E-state index contributed by atoms with van der Waals surface area (Å²) in [6, 6.07) is 4.86. The van der Waals surface area contributed by atoms with Crippen molar-refractivity contribution in [3.63, 3.8) is 0 Å². The minimum absolute atomic E-state index is 0.00989. The summed E-state index contributed by atoms with van der Waals surface area (Å²) in [5.41, 5.74) is -2.55. The predicted molar refractivity (Wildman–Crippen MR) is 94.0 cm³/mol. The van der Waals surface area contributed by atoms with Gasteiger partial charge in [-0.15, -0.1) is 0 Å². The number of hydrogen-bond donors (Lipinski definition) is 2. The number of nitrogens with one attached hydrogen (secondary N) is 1. The number of anilines is 1. The Morgan fingerprint density at radius 1 is 1.15 bits per heavy atom. The number of carbonyl (C=O) groups excluding carboxylic acids is 1. The number of aromatic carboxylic acids is 1. The Morgan fingerprint density at radius 3 is 2.22 bits per heavy atom. The highest BCUT2D eigenvalue weighted by Gasteiger charge is 2.35. The first-order valence-corrected chi connectivity index (χ1v) is 8.18. The van der Waals surface area contributed by atoms with Crippen LogP contribution in [0.3, 0.4) is 0 Å². The van der Waals surface area contributed by atoms with E-state index in [1.807, 2.05) is 0 Å². The maximum Gasteiger partial charge on any atom is 0.417 e. The highest BCUT2D eigenvalue weighted by Crippen LogP contribution is 2.36. The van der Waals surface area contributed by atoms with Gasteiger partial charge >= 0.3 is 12.1 Å². The van der Waals surface area contributed by atoms with E-state index in [2.05, 4.69) is 5.32 Å². The van der Waals surface area contributed by atoms with Crippen LogP contribution in [0.4, 0.5) is 18.9 Å². The van der Waals surface area contributed by atoms with E-state index >= 15 is 0 Å². The summed E-state index contributed by atoms with van der Waals surface area (Å²) in [5.74, 6) is -2.33. The maximum atomic E-state index is 13.0. The third-order valence-electron chi connectivity index (χ3n) is 3.36. The average molecular weight is 422 g/mol. The minimum atomic E-state index is -4.90. The van der Waals surface area contributed by atoms with Crippen LogP contribution in [-0.2, 0) is 6.18 Å². The summed E-state index contributed by atoms with van der Waals surface area (Å²) >= 11 is 12.0. The van der Waals surface area contributed by atoms with E-state index in [4.69, 9.17) is 33.0 Å². The van der Waals surface area contributed by atoms with Crippen molar-refractivity contribution in [2.24, 2.45) is 0 Å². The summed E-state index contributed by atoms with van der Waals surface area (Å²) < 4.78 is 44.4. The molecule has 2 N–H and O–H groups in total. The van der Waals surface area contributed by atoms with Crippen LogP contribution in [0.15, 0.2) is 30.3 Å². The zero-order valence-electron chi connectivity index (χ0n) is 13.7. The van der Waals surface area contributed by atoms with Gasteiger partial charge in [0.15, 0.2) is 5.75 Å². The van der Waals surface area contributed by atoms with E-state index in [0.29, 0.717) is 12.7 Å². The van der Waals surface area contributed by atoms with E-state index in [1.165, 1.54) is 12.1 Å². The number of carbonyl (C=O) groups is 2. The molecule has 2 aromatic rings. The lowest BCUT2D eigenvalue weighted by Crippen LogP contribution is -2.16. The van der Waals surface area contributed by atoms with Gasteiger partial charge in [-0.1, -0.05) is 23.2 Å². The number of hydrogen-bond acceptors (Lipinski definition) is 3. The number of ether oxygens (including phenoxy) is 1. The van der Waals surface area contributed by atoms with Crippen molar-refractivity contribution in [1.29, 1.82) is 0 Å². The topological polar surface area (TPSA) is 75.6 Å². The molecule has 2 rings (SSSR count). The van der Waals surface area contributed by atoms with E-state index in [9.17, 15) is 22.8 Å². The van der Waals surface area contributed by atoms with Gasteiger partial charge < -0.3 is 15.2 Å². The lowest BCUT2D eigenvalue weighted by atomic mass is 10.1. The first-order valence-electron chi connectivity index (χ1n) is 7.42. The molecule has 0 atom stereocenters. The van der Waals surface area contributed by atoms with Gasteiger partial charge in [0.2, 0.25) is 0 Å². The number of carboxylic acids is 1. The van der Waals surface area contributed by atoms with Gasteiger partial charge in [0, 0.05) is 11.3 Å². The molecule has 0 aliphatic heterocycles. The Bertz CT molecular complexity index is 877. The lowest BCUT2D eigenvalue weighted by Gasteiger charge is -2.14. The third-order valence-corrected chi connectivity index (χ3v) is 3.92. The molecule has 144 valence electrons. The Morgan fingerprint density at radius 2 is 1.74 bits per heavy atom. The fraction of sp³-hybridized carbons (Fsp3) is 0.176. The van der Waals surface area contributed by atoms with Gasteiger partial charge in [-0.25, -0.2) is 4.79 Å². The molecule has 0 heterocycles. The molecule has 0 fully saturated rings. The number of carboxylic acid groups (broad SMARTS) is 1. The van der Waals surface area contributed by atoms with Crippen molar-refractivity contribution in [3.8, 4) is 5.75 Å². The molecule has 1 amide bonds. The molecule has 0 saturated carbocycles. The third kappa shape index (κ3) is 4.84. The van der Waals surface area contributed by atoms with Crippen molar-refractivity contribution >= 4 is 40.8 Å². The molecule has 0 aliphatic rings. The number of rotatable bonds is 5. The fourth-order valence-electron chi connectivity index (χ4n) is 2.22. The SMILES string of the molecule is CCOc1c(Cl)cc(C(=O)Nc2ccc(C(=O)O)c(C(F)(F)F)c2)cc1Cl. The van der Waals surface area contributed by atoms with Gasteiger partial charge in [-0.05, 0) is 37.3 Å². The number of amides is 1. The van der Waals surface area contributed by atoms with Crippen molar-refractivity contribution in [3.05, 3.63) is 57.1 Å². The molecule has 0 spiro atoms. The Kier molecular flexibility index (Phi) is 6.22. The van der Waals surface area contributed by atoms with Crippen LogP contribution in [0.2, 0.25) is 10.0 Å². The van der Waals surface area contributed by atoms with Crippen molar-refractivity contribution < 1.29 is 32.6 Å². The van der Waals surface area contributed by atoms with Crippen LogP contribution < -0.4 is 10.1 Å². The van der Waals surface area contributed by atoms with Crippen molar-refractivity contribution in [2.45, 2.75) is 13.1 Å². The minimum Gasteiger partial charge on any atom is -0.491 e. The monoisotopic (exact) mass is 421 g/mol. The molecule has 0 bridgehead atoms. The van der Waals surface area contributed by atoms with Crippen LogP contribution >= 0.6 is 23.2 Å². The maximum absolute atomic E-state index is 13.0. The number of alkyl halides is 3. The Hall–Kier alpha value is -2.45. The van der Waals surface area contributed by atoms with Gasteiger partial charge in [0.25, 0.3) is 5.91 Å². The highest BCUT2D eigenvalue weighted by atomic mass is 35.5. The molecule has 0 saturated heterocycles. The molecule has 0 aromatic heterocycles. The molecule has 0 unspecified atom stereocenters. The Balaban J connectivity index is 2.35. The lowest BCUT2D eigenvalue weighted by molar-refractivity contribution is -0.138. The molecule has 5 nitrogen and oxygen atoms in total. The second kappa shape index (κ2) is 8.06. The first kappa shape index (κ1) is 20.9. The second-order valence-corrected chi connectivity index (χ2v) is 6.03. The summed E-state index contributed by atoms with van der Waals surface area (Å²) in [6.07, 6.45) is -4.90. The summed E-state index contributed by atoms with van der Waals surface area (Å²) in [7, 11) is 0. The molecular formula is C17H12Cl2F3NO4. The standard InChI is InChI=1S/C17H12Cl2F3NO4/c1-2-27-14-12(18)5-8(6-13(14)19)15(24)23-9-3-4-10(16(25)26)11(7-9)17(20,21)22/h3-7H,2H2,1H3,(H,23,24)(H,25,26). The van der Waals surface area contributed by atoms with E-state index in [0.717, 1.165) is 12.1 Å². The van der Waals surface area contributed by atoms with Crippen molar-refractivity contribution in [2.75, 3.05) is 11.9 Å². The molecule has 0 radical (unpaired) electrons. The van der Waals surface area contributed by atoms with Crippen LogP contribution in [0.1, 0.15) is 33.2 Å². The molecule has 0 aliphatic carbocycles. The molecule has 27 heavy (non-hydrogen) atoms. The summed E-state index contributed by atoms with van der Waals surface area (Å²) in [5, 5.41) is 11.3. The van der Waals surface area contributed by atoms with Gasteiger partial charge in [-0.3, -0.25) is 4.79 Å². The largest absolute Gasteiger partial charge is 0.491 e. The predicted octanol–water partition coefficient (Wildman–Crippen LogP) is 5.36. The molecule has 2 aromatic carbocycles. The zero-order chi connectivity index (χ0) is 20.4. The smallest absolute Gasteiger partial charge is 0.417 e. The molecule has 10 heteroatoms. The van der Waals surface area contributed by atoms with Crippen LogP contribution in [0.5, 0.6) is 5.75 Å². The summed E-state index contributed by atoms with van der Waals surface area (Å²) in [4.78, 5) is 23.3. The van der Waals surface area contributed by atoms with Crippen LogP contribution in [0.25, 0.3) is 0 Å².